The van der Waals surface area contributed by atoms with Gasteiger partial charge in [0.15, 0.2) is 0 Å². The highest BCUT2D eigenvalue weighted by atomic mass is 32.2. The Bertz CT molecular complexity index is 1290. The minimum absolute atomic E-state index is 0.190. The summed E-state index contributed by atoms with van der Waals surface area (Å²) < 4.78 is 8.44. The zero-order valence-electron chi connectivity index (χ0n) is 21.1. The number of aryl methyl sites for hydroxylation is 1. The summed E-state index contributed by atoms with van der Waals surface area (Å²) in [6.07, 6.45) is 8.17. The molecule has 2 fully saturated rings. The second kappa shape index (κ2) is 9.81. The molecule has 0 aliphatic heterocycles. The Hall–Kier alpha value is -3.00. The summed E-state index contributed by atoms with van der Waals surface area (Å²) >= 11 is 1.60. The van der Waals surface area contributed by atoms with E-state index in [-0.39, 0.29) is 5.91 Å². The van der Waals surface area contributed by atoms with Crippen molar-refractivity contribution in [2.75, 3.05) is 24.2 Å². The molecular weight excluding hydrogens is 474 g/mol. The van der Waals surface area contributed by atoms with Crippen LogP contribution < -0.4 is 9.62 Å². The van der Waals surface area contributed by atoms with Crippen LogP contribution in [0.25, 0.3) is 22.4 Å². The second-order valence-electron chi connectivity index (χ2n) is 9.94. The largest absolute Gasteiger partial charge is 0.481 e. The number of hydrogen-bond donors (Lipinski definition) is 2. The van der Waals surface area contributed by atoms with E-state index < -0.39 is 11.4 Å². The number of carboxylic acid groups (broad SMARTS) is 1. The van der Waals surface area contributed by atoms with Gasteiger partial charge in [-0.15, -0.1) is 0 Å². The SMILES string of the molecule is CCc1ccc(-c2oc3nc(N(CCCC4(C(=O)O)CC4)SC)c(C4CC4)cc3c2C(=O)NC)cc1. The summed E-state index contributed by atoms with van der Waals surface area (Å²) in [6, 6.07) is 10.2. The van der Waals surface area contributed by atoms with Crippen molar-refractivity contribution in [1.29, 1.82) is 0 Å². The number of hydrogen-bond acceptors (Lipinski definition) is 6. The van der Waals surface area contributed by atoms with Crippen LogP contribution in [0.15, 0.2) is 34.7 Å². The molecule has 190 valence electrons. The monoisotopic (exact) mass is 507 g/mol. The number of furan rings is 1. The van der Waals surface area contributed by atoms with Gasteiger partial charge in [-0.3, -0.25) is 9.59 Å². The Labute approximate surface area is 215 Å². The zero-order chi connectivity index (χ0) is 25.4. The van der Waals surface area contributed by atoms with Crippen LogP contribution in [0.3, 0.4) is 0 Å². The molecule has 36 heavy (non-hydrogen) atoms. The molecule has 0 saturated heterocycles. The molecule has 7 nitrogen and oxygen atoms in total. The van der Waals surface area contributed by atoms with Crippen molar-refractivity contribution >= 4 is 40.7 Å². The van der Waals surface area contributed by atoms with Crippen LogP contribution in [0.1, 0.15) is 72.9 Å². The van der Waals surface area contributed by atoms with E-state index in [1.165, 1.54) is 5.56 Å². The number of carbonyl (C=O) groups is 2. The van der Waals surface area contributed by atoms with E-state index in [1.54, 1.807) is 19.0 Å². The lowest BCUT2D eigenvalue weighted by molar-refractivity contribution is -0.143. The molecule has 8 heteroatoms. The van der Waals surface area contributed by atoms with Crippen molar-refractivity contribution in [1.82, 2.24) is 10.3 Å². The predicted octanol–water partition coefficient (Wildman–Crippen LogP) is 6.02. The molecule has 2 aliphatic carbocycles. The zero-order valence-corrected chi connectivity index (χ0v) is 21.9. The smallest absolute Gasteiger partial charge is 0.309 e. The van der Waals surface area contributed by atoms with Gasteiger partial charge in [-0.1, -0.05) is 43.1 Å². The van der Waals surface area contributed by atoms with Crippen LogP contribution in [-0.4, -0.2) is 41.8 Å². The molecule has 2 aromatic heterocycles. The van der Waals surface area contributed by atoms with E-state index in [4.69, 9.17) is 9.40 Å². The number of aliphatic carboxylic acids is 1. The van der Waals surface area contributed by atoms with Crippen molar-refractivity contribution in [2.24, 2.45) is 5.41 Å². The van der Waals surface area contributed by atoms with E-state index in [1.807, 2.05) is 18.4 Å². The average molecular weight is 508 g/mol. The Morgan fingerprint density at radius 1 is 1.25 bits per heavy atom. The van der Waals surface area contributed by atoms with Gasteiger partial charge < -0.3 is 19.1 Å². The van der Waals surface area contributed by atoms with Gasteiger partial charge in [0, 0.05) is 25.4 Å². The number of fused-ring (bicyclic) bond motifs is 1. The summed E-state index contributed by atoms with van der Waals surface area (Å²) in [5, 5.41) is 13.0. The van der Waals surface area contributed by atoms with Gasteiger partial charge in [0.2, 0.25) is 5.71 Å². The fourth-order valence-electron chi connectivity index (χ4n) is 4.94. The fourth-order valence-corrected chi connectivity index (χ4v) is 5.57. The summed E-state index contributed by atoms with van der Waals surface area (Å²) in [5.74, 6) is 0.951. The molecule has 0 radical (unpaired) electrons. The maximum absolute atomic E-state index is 13.0. The fraction of sp³-hybridized carbons (Fsp3) is 0.464. The summed E-state index contributed by atoms with van der Waals surface area (Å²) in [5.41, 5.74) is 3.65. The lowest BCUT2D eigenvalue weighted by Gasteiger charge is -2.24. The Morgan fingerprint density at radius 2 is 1.97 bits per heavy atom. The minimum Gasteiger partial charge on any atom is -0.481 e. The van der Waals surface area contributed by atoms with Crippen molar-refractivity contribution < 1.29 is 19.1 Å². The quantitative estimate of drug-likeness (QED) is 0.306. The molecule has 3 aromatic rings. The number of pyridine rings is 1. The van der Waals surface area contributed by atoms with Crippen LogP contribution in [0.5, 0.6) is 0 Å². The number of aromatic nitrogens is 1. The molecule has 0 atom stereocenters. The third kappa shape index (κ3) is 4.59. The molecular formula is C28H33N3O4S. The first kappa shape index (κ1) is 24.7. The first-order valence-corrected chi connectivity index (χ1v) is 13.9. The molecule has 1 amide bonds. The van der Waals surface area contributed by atoms with Crippen molar-refractivity contribution in [2.45, 2.75) is 57.8 Å². The summed E-state index contributed by atoms with van der Waals surface area (Å²) in [4.78, 5) is 29.6. The van der Waals surface area contributed by atoms with Gasteiger partial charge >= 0.3 is 5.97 Å². The van der Waals surface area contributed by atoms with Gasteiger partial charge in [-0.05, 0) is 68.1 Å². The Balaban J connectivity index is 1.53. The molecule has 0 spiro atoms. The van der Waals surface area contributed by atoms with Crippen molar-refractivity contribution in [3.63, 3.8) is 0 Å². The van der Waals surface area contributed by atoms with E-state index in [9.17, 15) is 14.7 Å². The van der Waals surface area contributed by atoms with Gasteiger partial charge in [0.25, 0.3) is 5.91 Å². The lowest BCUT2D eigenvalue weighted by atomic mass is 10.0. The lowest BCUT2D eigenvalue weighted by Crippen LogP contribution is -2.21. The number of carboxylic acids is 1. The van der Waals surface area contributed by atoms with Gasteiger partial charge in [0.1, 0.15) is 11.6 Å². The number of nitrogens with zero attached hydrogens (tertiary/aromatic N) is 2. The van der Waals surface area contributed by atoms with E-state index in [0.29, 0.717) is 35.9 Å². The Kier molecular flexibility index (Phi) is 6.72. The molecule has 2 saturated carbocycles. The van der Waals surface area contributed by atoms with Gasteiger partial charge in [0.05, 0.1) is 16.4 Å². The van der Waals surface area contributed by atoms with Gasteiger partial charge in [-0.2, -0.15) is 4.98 Å². The maximum Gasteiger partial charge on any atom is 0.309 e. The average Bonchev–Trinajstić information content (AvgIpc) is 3.83. The van der Waals surface area contributed by atoms with E-state index >= 15 is 0 Å². The second-order valence-corrected chi connectivity index (χ2v) is 10.7. The van der Waals surface area contributed by atoms with Crippen LogP contribution in [-0.2, 0) is 11.2 Å². The van der Waals surface area contributed by atoms with Crippen LogP contribution >= 0.6 is 11.9 Å². The van der Waals surface area contributed by atoms with Crippen molar-refractivity contribution in [3.05, 3.63) is 47.0 Å². The molecule has 1 aromatic carbocycles. The molecule has 2 aliphatic rings. The summed E-state index contributed by atoms with van der Waals surface area (Å²) in [7, 11) is 1.63. The Morgan fingerprint density at radius 3 is 2.53 bits per heavy atom. The first-order valence-electron chi connectivity index (χ1n) is 12.7. The highest BCUT2D eigenvalue weighted by molar-refractivity contribution is 7.99. The number of amides is 1. The standard InChI is InChI=1S/C28H33N3O4S/c1-4-17-6-8-19(9-7-17)23-22(25(32)29-2)21-16-20(18-10-11-18)24(30-26(21)35-23)31(36-3)15-5-12-28(13-14-28)27(33)34/h6-9,16,18H,4-5,10-15H2,1-3H3,(H,29,32)(H,33,34). The summed E-state index contributed by atoms with van der Waals surface area (Å²) in [6.45, 7) is 2.82. The van der Waals surface area contributed by atoms with Crippen LogP contribution in [0.4, 0.5) is 5.82 Å². The number of nitrogens with one attached hydrogen (secondary N) is 1. The normalized spacial score (nSPS) is 16.2. The van der Waals surface area contributed by atoms with Gasteiger partial charge in [-0.25, -0.2) is 0 Å². The highest BCUT2D eigenvalue weighted by Gasteiger charge is 2.49. The number of benzene rings is 1. The number of carbonyl (C=O) groups excluding carboxylic acids is 1. The maximum atomic E-state index is 13.0. The third-order valence-electron chi connectivity index (χ3n) is 7.57. The topological polar surface area (TPSA) is 95.7 Å². The molecule has 0 bridgehead atoms. The van der Waals surface area contributed by atoms with E-state index in [0.717, 1.165) is 60.9 Å². The van der Waals surface area contributed by atoms with Crippen molar-refractivity contribution in [3.8, 4) is 11.3 Å². The van der Waals surface area contributed by atoms with Crippen LogP contribution in [0, 0.1) is 5.41 Å². The first-order chi connectivity index (χ1) is 17.4. The minimum atomic E-state index is -0.673. The molecule has 2 heterocycles. The van der Waals surface area contributed by atoms with E-state index in [2.05, 4.69) is 34.7 Å². The van der Waals surface area contributed by atoms with Crippen LogP contribution in [0.2, 0.25) is 0 Å². The highest BCUT2D eigenvalue weighted by Crippen LogP contribution is 2.50. The number of rotatable bonds is 11. The number of anilines is 1. The molecule has 0 unspecified atom stereocenters. The molecule has 2 N–H and O–H groups in total. The predicted molar refractivity (Wildman–Crippen MR) is 144 cm³/mol. The molecule has 5 rings (SSSR count). The third-order valence-corrected chi connectivity index (χ3v) is 8.36.